The van der Waals surface area contributed by atoms with Gasteiger partial charge >= 0.3 is 5.97 Å². The van der Waals surface area contributed by atoms with Crippen molar-refractivity contribution in [1.29, 1.82) is 0 Å². The monoisotopic (exact) mass is 490 g/mol. The maximum Gasteiger partial charge on any atom is 0.347 e. The summed E-state index contributed by atoms with van der Waals surface area (Å²) >= 11 is 0. The molecule has 2 aromatic carbocycles. The smallest absolute Gasteiger partial charge is 0.347 e. The Bertz CT molecular complexity index is 1010. The molecule has 0 fully saturated rings. The summed E-state index contributed by atoms with van der Waals surface area (Å²) in [7, 11) is 0. The third-order valence-electron chi connectivity index (χ3n) is 5.68. The van der Waals surface area contributed by atoms with Crippen LogP contribution < -0.4 is 10.1 Å². The lowest BCUT2D eigenvalue weighted by Gasteiger charge is -2.24. The van der Waals surface area contributed by atoms with Crippen LogP contribution in [0.5, 0.6) is 5.75 Å². The maximum absolute atomic E-state index is 13.9. The molecule has 0 aliphatic rings. The minimum atomic E-state index is -1.36. The molecule has 0 saturated heterocycles. The number of carboxylic acids is 1. The number of hydrogen-bond acceptors (Lipinski definition) is 4. The Morgan fingerprint density at radius 1 is 1.06 bits per heavy atom. The highest BCUT2D eigenvalue weighted by Crippen LogP contribution is 2.25. The summed E-state index contributed by atoms with van der Waals surface area (Å²) in [5, 5.41) is 11.8. The average Bonchev–Trinajstić information content (AvgIpc) is 2.77. The Labute approximate surface area is 206 Å². The molecule has 2 N–H and O–H groups in total. The topological polar surface area (TPSA) is 78.9 Å². The lowest BCUT2D eigenvalue weighted by atomic mass is 10.1. The third kappa shape index (κ3) is 9.28. The van der Waals surface area contributed by atoms with Crippen molar-refractivity contribution in [3.05, 3.63) is 59.2 Å². The Kier molecular flexibility index (Phi) is 10.6. The standard InChI is InChI=1S/C27H36F2N2O4/c1-5-6-7-8-9-14-31(18-25(32)30-23-12-11-21(28)16-22(23)29)17-20-10-13-24(19(2)15-20)35-27(3,4)26(33)34/h10-13,15-16H,5-9,14,17-18H2,1-4H3,(H,30,32)(H,33,34). The third-order valence-corrected chi connectivity index (χ3v) is 5.68. The van der Waals surface area contributed by atoms with Gasteiger partial charge in [0, 0.05) is 12.6 Å². The number of ether oxygens (including phenoxy) is 1. The maximum atomic E-state index is 13.9. The van der Waals surface area contributed by atoms with E-state index in [-0.39, 0.29) is 18.1 Å². The molecule has 2 rings (SSSR count). The molecule has 0 aliphatic carbocycles. The molecule has 1 amide bonds. The first kappa shape index (κ1) is 28.2. The van der Waals surface area contributed by atoms with Crippen molar-refractivity contribution in [2.24, 2.45) is 0 Å². The molecular weight excluding hydrogens is 454 g/mol. The molecule has 0 spiro atoms. The van der Waals surface area contributed by atoms with Crippen LogP contribution in [0.3, 0.4) is 0 Å². The predicted octanol–water partition coefficient (Wildman–Crippen LogP) is 5.93. The van der Waals surface area contributed by atoms with Crippen molar-refractivity contribution in [1.82, 2.24) is 4.90 Å². The SMILES string of the molecule is CCCCCCCN(CC(=O)Nc1ccc(F)cc1F)Cc1ccc(OC(C)(C)C(=O)O)c(C)c1. The van der Waals surface area contributed by atoms with Crippen molar-refractivity contribution in [2.75, 3.05) is 18.4 Å². The summed E-state index contributed by atoms with van der Waals surface area (Å²) in [4.78, 5) is 26.0. The number of halogens is 2. The van der Waals surface area contributed by atoms with Gasteiger partial charge in [-0.2, -0.15) is 0 Å². The molecule has 0 radical (unpaired) electrons. The first-order chi connectivity index (χ1) is 16.5. The highest BCUT2D eigenvalue weighted by atomic mass is 19.1. The molecule has 8 heteroatoms. The number of nitrogens with zero attached hydrogens (tertiary/aromatic N) is 1. The predicted molar refractivity (Wildman–Crippen MR) is 133 cm³/mol. The van der Waals surface area contributed by atoms with Gasteiger partial charge in [0.05, 0.1) is 12.2 Å². The Morgan fingerprint density at radius 2 is 1.77 bits per heavy atom. The Morgan fingerprint density at radius 3 is 2.40 bits per heavy atom. The van der Waals surface area contributed by atoms with Crippen LogP contribution in [-0.2, 0) is 16.1 Å². The number of nitrogens with one attached hydrogen (secondary N) is 1. The van der Waals surface area contributed by atoms with Gasteiger partial charge < -0.3 is 15.2 Å². The quantitative estimate of drug-likeness (QED) is 0.321. The number of aliphatic carboxylic acids is 1. The van der Waals surface area contributed by atoms with Crippen LogP contribution in [0.25, 0.3) is 0 Å². The molecule has 0 atom stereocenters. The first-order valence-corrected chi connectivity index (χ1v) is 12.0. The highest BCUT2D eigenvalue weighted by molar-refractivity contribution is 5.92. The fourth-order valence-electron chi connectivity index (χ4n) is 3.64. The number of amides is 1. The van der Waals surface area contributed by atoms with E-state index in [1.165, 1.54) is 19.9 Å². The second kappa shape index (κ2) is 13.2. The number of rotatable bonds is 14. The molecule has 2 aromatic rings. The number of aryl methyl sites for hydroxylation is 1. The van der Waals surface area contributed by atoms with Gasteiger partial charge in [-0.1, -0.05) is 44.7 Å². The Hall–Kier alpha value is -3.00. The number of carbonyl (C=O) groups is 2. The van der Waals surface area contributed by atoms with E-state index in [2.05, 4.69) is 12.2 Å². The number of carbonyl (C=O) groups excluding carboxylic acids is 1. The van der Waals surface area contributed by atoms with Crippen LogP contribution in [-0.4, -0.2) is 40.6 Å². The zero-order chi connectivity index (χ0) is 26.0. The number of hydrogen-bond donors (Lipinski definition) is 2. The van der Waals surface area contributed by atoms with Crippen LogP contribution >= 0.6 is 0 Å². The largest absolute Gasteiger partial charge is 0.478 e. The molecule has 0 heterocycles. The number of anilines is 1. The van der Waals surface area contributed by atoms with Gasteiger partial charge in [0.2, 0.25) is 5.91 Å². The summed E-state index contributed by atoms with van der Waals surface area (Å²) in [6.45, 7) is 8.20. The second-order valence-corrected chi connectivity index (χ2v) is 9.31. The van der Waals surface area contributed by atoms with E-state index in [1.807, 2.05) is 24.0 Å². The average molecular weight is 491 g/mol. The zero-order valence-corrected chi connectivity index (χ0v) is 21.0. The van der Waals surface area contributed by atoms with E-state index in [0.29, 0.717) is 18.8 Å². The van der Waals surface area contributed by atoms with Crippen LogP contribution in [0.1, 0.15) is 64.0 Å². The van der Waals surface area contributed by atoms with Gasteiger partial charge in [0.1, 0.15) is 17.4 Å². The fraction of sp³-hybridized carbons (Fsp3) is 0.481. The minimum absolute atomic E-state index is 0.0495. The van der Waals surface area contributed by atoms with E-state index in [4.69, 9.17) is 4.74 Å². The van der Waals surface area contributed by atoms with Crippen molar-refractivity contribution >= 4 is 17.6 Å². The zero-order valence-electron chi connectivity index (χ0n) is 21.0. The molecule has 0 aliphatic heterocycles. The molecular formula is C27H36F2N2O4. The van der Waals surface area contributed by atoms with Crippen LogP contribution in [0, 0.1) is 18.6 Å². The highest BCUT2D eigenvalue weighted by Gasteiger charge is 2.30. The molecule has 192 valence electrons. The van der Waals surface area contributed by atoms with Crippen LogP contribution in [0.4, 0.5) is 14.5 Å². The number of carboxylic acid groups (broad SMARTS) is 1. The summed E-state index contributed by atoms with van der Waals surface area (Å²) < 4.78 is 32.8. The molecule has 0 bridgehead atoms. The number of benzene rings is 2. The van der Waals surface area contributed by atoms with E-state index >= 15 is 0 Å². The summed E-state index contributed by atoms with van der Waals surface area (Å²) in [6.07, 6.45) is 5.40. The summed E-state index contributed by atoms with van der Waals surface area (Å²) in [6, 6.07) is 8.54. The van der Waals surface area contributed by atoms with Crippen molar-refractivity contribution in [2.45, 2.75) is 71.9 Å². The molecule has 6 nitrogen and oxygen atoms in total. The normalized spacial score (nSPS) is 11.5. The van der Waals surface area contributed by atoms with Crippen molar-refractivity contribution in [3.63, 3.8) is 0 Å². The Balaban J connectivity index is 2.09. The van der Waals surface area contributed by atoms with E-state index in [1.54, 1.807) is 6.07 Å². The van der Waals surface area contributed by atoms with Gasteiger partial charge in [-0.05, 0) is 63.1 Å². The summed E-state index contributed by atoms with van der Waals surface area (Å²) in [5.41, 5.74) is 0.317. The van der Waals surface area contributed by atoms with E-state index in [0.717, 1.165) is 55.4 Å². The minimum Gasteiger partial charge on any atom is -0.478 e. The second-order valence-electron chi connectivity index (χ2n) is 9.31. The fourth-order valence-corrected chi connectivity index (χ4v) is 3.64. The lowest BCUT2D eigenvalue weighted by molar-refractivity contribution is -0.152. The van der Waals surface area contributed by atoms with Gasteiger partial charge in [-0.25, -0.2) is 13.6 Å². The molecule has 0 unspecified atom stereocenters. The van der Waals surface area contributed by atoms with Crippen LogP contribution in [0.15, 0.2) is 36.4 Å². The van der Waals surface area contributed by atoms with E-state index < -0.39 is 23.2 Å². The number of unbranched alkanes of at least 4 members (excludes halogenated alkanes) is 4. The van der Waals surface area contributed by atoms with Gasteiger partial charge in [0.25, 0.3) is 0 Å². The van der Waals surface area contributed by atoms with Crippen molar-refractivity contribution < 1.29 is 28.2 Å². The van der Waals surface area contributed by atoms with Gasteiger partial charge in [-0.3, -0.25) is 9.69 Å². The first-order valence-electron chi connectivity index (χ1n) is 12.0. The summed E-state index contributed by atoms with van der Waals surface area (Å²) in [5.74, 6) is -2.48. The molecule has 0 saturated carbocycles. The molecule has 35 heavy (non-hydrogen) atoms. The van der Waals surface area contributed by atoms with Crippen molar-refractivity contribution in [3.8, 4) is 5.75 Å². The van der Waals surface area contributed by atoms with Gasteiger partial charge in [0.15, 0.2) is 5.60 Å². The van der Waals surface area contributed by atoms with E-state index in [9.17, 15) is 23.5 Å². The van der Waals surface area contributed by atoms with Crippen LogP contribution in [0.2, 0.25) is 0 Å². The lowest BCUT2D eigenvalue weighted by Crippen LogP contribution is -2.38. The molecule has 0 aromatic heterocycles. The van der Waals surface area contributed by atoms with Gasteiger partial charge in [-0.15, -0.1) is 0 Å².